The van der Waals surface area contributed by atoms with Gasteiger partial charge in [0, 0.05) is 13.0 Å². The van der Waals surface area contributed by atoms with Crippen LogP contribution < -0.4 is 10.1 Å². The molecule has 3 rings (SSSR count). The molecule has 16 heavy (non-hydrogen) atoms. The Labute approximate surface area is 93.5 Å². The fraction of sp³-hybridized carbons (Fsp3) is 0.417. The highest BCUT2D eigenvalue weighted by molar-refractivity contribution is 5.80. The molecule has 0 radical (unpaired) electrons. The third-order valence-corrected chi connectivity index (χ3v) is 3.36. The van der Waals surface area contributed by atoms with Crippen molar-refractivity contribution in [1.82, 2.24) is 5.32 Å². The molecular formula is C12H13NO3. The van der Waals surface area contributed by atoms with Crippen LogP contribution in [0, 0.1) is 0 Å². The summed E-state index contributed by atoms with van der Waals surface area (Å²) in [5, 5.41) is 3.17. The zero-order valence-electron chi connectivity index (χ0n) is 9.03. The van der Waals surface area contributed by atoms with Gasteiger partial charge in [-0.25, -0.2) is 0 Å². The van der Waals surface area contributed by atoms with Crippen LogP contribution in [0.1, 0.15) is 12.0 Å². The minimum Gasteiger partial charge on any atom is -0.497 e. The van der Waals surface area contributed by atoms with E-state index in [9.17, 15) is 4.79 Å². The average Bonchev–Trinajstić information content (AvgIpc) is 2.87. The van der Waals surface area contributed by atoms with Crippen LogP contribution in [0.15, 0.2) is 24.3 Å². The van der Waals surface area contributed by atoms with Gasteiger partial charge in [-0.3, -0.25) is 10.1 Å². The lowest BCUT2D eigenvalue weighted by molar-refractivity contribution is -0.153. The lowest BCUT2D eigenvalue weighted by Crippen LogP contribution is -2.40. The predicted molar refractivity (Wildman–Crippen MR) is 57.2 cm³/mol. The molecule has 2 fully saturated rings. The zero-order chi connectivity index (χ0) is 11.2. The predicted octanol–water partition coefficient (Wildman–Crippen LogP) is 0.809. The standard InChI is InChI=1S/C12H13NO3/c1-15-9-4-2-8(3-5-9)12-6-10(13-7-12)11(14)16-12/h2-5,10,13H,6-7H2,1H3. The number of carbonyl (C=O) groups is 1. The Balaban J connectivity index is 1.94. The maximum atomic E-state index is 11.4. The highest BCUT2D eigenvalue weighted by atomic mass is 16.6. The molecule has 2 unspecified atom stereocenters. The Morgan fingerprint density at radius 2 is 2.19 bits per heavy atom. The Morgan fingerprint density at radius 3 is 2.69 bits per heavy atom. The molecular weight excluding hydrogens is 206 g/mol. The molecule has 2 aliphatic rings. The number of nitrogens with one attached hydrogen (secondary N) is 1. The van der Waals surface area contributed by atoms with E-state index in [2.05, 4.69) is 5.32 Å². The van der Waals surface area contributed by atoms with E-state index in [1.165, 1.54) is 0 Å². The smallest absolute Gasteiger partial charge is 0.324 e. The van der Waals surface area contributed by atoms with Crippen molar-refractivity contribution in [2.75, 3.05) is 13.7 Å². The number of benzene rings is 1. The van der Waals surface area contributed by atoms with Crippen molar-refractivity contribution in [3.63, 3.8) is 0 Å². The molecule has 2 saturated heterocycles. The third-order valence-electron chi connectivity index (χ3n) is 3.36. The van der Waals surface area contributed by atoms with Gasteiger partial charge in [-0.05, 0) is 17.7 Å². The molecule has 4 nitrogen and oxygen atoms in total. The molecule has 84 valence electrons. The van der Waals surface area contributed by atoms with Crippen LogP contribution >= 0.6 is 0 Å². The van der Waals surface area contributed by atoms with Crippen LogP contribution in [0.4, 0.5) is 0 Å². The summed E-state index contributed by atoms with van der Waals surface area (Å²) in [5.74, 6) is 0.675. The van der Waals surface area contributed by atoms with Crippen LogP contribution in [0.2, 0.25) is 0 Å². The molecule has 2 heterocycles. The maximum Gasteiger partial charge on any atom is 0.324 e. The van der Waals surface area contributed by atoms with Gasteiger partial charge in [-0.15, -0.1) is 0 Å². The second-order valence-corrected chi connectivity index (χ2v) is 4.28. The van der Waals surface area contributed by atoms with Crippen molar-refractivity contribution in [2.45, 2.75) is 18.1 Å². The summed E-state index contributed by atoms with van der Waals surface area (Å²) in [7, 11) is 1.63. The molecule has 0 spiro atoms. The van der Waals surface area contributed by atoms with Gasteiger partial charge < -0.3 is 9.47 Å². The van der Waals surface area contributed by atoms with E-state index in [0.717, 1.165) is 17.7 Å². The van der Waals surface area contributed by atoms with Crippen LogP contribution in [-0.2, 0) is 15.1 Å². The highest BCUT2D eigenvalue weighted by Gasteiger charge is 2.53. The molecule has 4 heteroatoms. The number of hydrogen-bond donors (Lipinski definition) is 1. The van der Waals surface area contributed by atoms with E-state index < -0.39 is 5.60 Å². The van der Waals surface area contributed by atoms with Gasteiger partial charge in [-0.1, -0.05) is 12.1 Å². The number of rotatable bonds is 2. The summed E-state index contributed by atoms with van der Waals surface area (Å²) in [4.78, 5) is 11.4. The van der Waals surface area contributed by atoms with Gasteiger partial charge in [0.1, 0.15) is 11.8 Å². The first kappa shape index (κ1) is 9.66. The van der Waals surface area contributed by atoms with Crippen molar-refractivity contribution < 1.29 is 14.3 Å². The lowest BCUT2D eigenvalue weighted by Gasteiger charge is -2.26. The minimum absolute atomic E-state index is 0.123. The summed E-state index contributed by atoms with van der Waals surface area (Å²) >= 11 is 0. The zero-order valence-corrected chi connectivity index (χ0v) is 9.03. The van der Waals surface area contributed by atoms with Gasteiger partial charge in [0.05, 0.1) is 7.11 Å². The Morgan fingerprint density at radius 1 is 1.44 bits per heavy atom. The van der Waals surface area contributed by atoms with Crippen molar-refractivity contribution in [3.8, 4) is 5.75 Å². The van der Waals surface area contributed by atoms with Gasteiger partial charge in [0.2, 0.25) is 0 Å². The van der Waals surface area contributed by atoms with E-state index in [1.54, 1.807) is 7.11 Å². The van der Waals surface area contributed by atoms with Gasteiger partial charge in [0.25, 0.3) is 0 Å². The van der Waals surface area contributed by atoms with Gasteiger partial charge in [-0.2, -0.15) is 0 Å². The fourth-order valence-electron chi connectivity index (χ4n) is 2.44. The summed E-state index contributed by atoms with van der Waals surface area (Å²) in [6.07, 6.45) is 0.734. The first-order valence-electron chi connectivity index (χ1n) is 5.34. The number of carbonyl (C=O) groups excluding carboxylic acids is 1. The molecule has 0 aliphatic carbocycles. The molecule has 0 saturated carbocycles. The van der Waals surface area contributed by atoms with Crippen LogP contribution in [0.25, 0.3) is 0 Å². The lowest BCUT2D eigenvalue weighted by atomic mass is 9.93. The Kier molecular flexibility index (Phi) is 1.94. The topological polar surface area (TPSA) is 47.6 Å². The number of morpholine rings is 1. The molecule has 1 N–H and O–H groups in total. The highest BCUT2D eigenvalue weighted by Crippen LogP contribution is 2.41. The quantitative estimate of drug-likeness (QED) is 0.748. The number of esters is 1. The second-order valence-electron chi connectivity index (χ2n) is 4.28. The van der Waals surface area contributed by atoms with E-state index in [0.29, 0.717) is 6.54 Å². The number of fused-ring (bicyclic) bond motifs is 2. The largest absolute Gasteiger partial charge is 0.497 e. The SMILES string of the molecule is COc1ccc(C23CNC(C2)C(=O)O3)cc1. The Bertz CT molecular complexity index is 428. The first-order chi connectivity index (χ1) is 7.73. The maximum absolute atomic E-state index is 11.4. The van der Waals surface area contributed by atoms with Gasteiger partial charge >= 0.3 is 5.97 Å². The fourth-order valence-corrected chi connectivity index (χ4v) is 2.44. The molecule has 2 bridgehead atoms. The van der Waals surface area contributed by atoms with E-state index in [1.807, 2.05) is 24.3 Å². The van der Waals surface area contributed by atoms with Crippen molar-refractivity contribution in [1.29, 1.82) is 0 Å². The minimum atomic E-state index is -0.450. The number of hydrogen-bond acceptors (Lipinski definition) is 4. The normalized spacial score (nSPS) is 31.6. The molecule has 2 aliphatic heterocycles. The van der Waals surface area contributed by atoms with E-state index >= 15 is 0 Å². The average molecular weight is 219 g/mol. The second kappa shape index (κ2) is 3.22. The van der Waals surface area contributed by atoms with E-state index in [4.69, 9.17) is 9.47 Å². The van der Waals surface area contributed by atoms with Crippen molar-refractivity contribution in [3.05, 3.63) is 29.8 Å². The summed E-state index contributed by atoms with van der Waals surface area (Å²) < 4.78 is 10.6. The summed E-state index contributed by atoms with van der Waals surface area (Å²) in [6, 6.07) is 7.58. The number of methoxy groups -OCH3 is 1. The Hall–Kier alpha value is -1.55. The molecule has 0 aromatic heterocycles. The van der Waals surface area contributed by atoms with Crippen LogP contribution in [0.5, 0.6) is 5.75 Å². The molecule has 2 atom stereocenters. The van der Waals surface area contributed by atoms with Gasteiger partial charge in [0.15, 0.2) is 5.60 Å². The molecule has 0 amide bonds. The molecule has 1 aromatic rings. The number of ether oxygens (including phenoxy) is 2. The van der Waals surface area contributed by atoms with E-state index in [-0.39, 0.29) is 12.0 Å². The van der Waals surface area contributed by atoms with Crippen LogP contribution in [0.3, 0.4) is 0 Å². The first-order valence-corrected chi connectivity index (χ1v) is 5.34. The third kappa shape index (κ3) is 1.23. The summed E-state index contributed by atoms with van der Waals surface area (Å²) in [5.41, 5.74) is 0.586. The van der Waals surface area contributed by atoms with Crippen molar-refractivity contribution in [2.24, 2.45) is 0 Å². The summed E-state index contributed by atoms with van der Waals surface area (Å²) in [6.45, 7) is 0.704. The van der Waals surface area contributed by atoms with Crippen molar-refractivity contribution >= 4 is 5.97 Å². The monoisotopic (exact) mass is 219 g/mol. The van der Waals surface area contributed by atoms with Crippen LogP contribution in [-0.4, -0.2) is 25.7 Å². The molecule has 1 aromatic carbocycles.